The molecule has 8 nitrogen and oxygen atoms in total. The Labute approximate surface area is 269 Å². The Morgan fingerprint density at radius 3 is 2.50 bits per heavy atom. The lowest BCUT2D eigenvalue weighted by molar-refractivity contribution is -0.113. The van der Waals surface area contributed by atoms with Crippen molar-refractivity contribution in [2.45, 2.75) is 19.9 Å². The third kappa shape index (κ3) is 5.55. The van der Waals surface area contributed by atoms with E-state index in [1.54, 1.807) is 37.8 Å². The number of carbonyl (C=O) groups excluding carboxylic acids is 1. The lowest BCUT2D eigenvalue weighted by Gasteiger charge is -2.26. The number of para-hydroxylation sites is 1. The number of carbonyl (C=O) groups is 1. The molecule has 0 bridgehead atoms. The predicted molar refractivity (Wildman–Crippen MR) is 181 cm³/mol. The summed E-state index contributed by atoms with van der Waals surface area (Å²) < 4.78 is 19.0. The van der Waals surface area contributed by atoms with Gasteiger partial charge < -0.3 is 19.5 Å². The van der Waals surface area contributed by atoms with Gasteiger partial charge in [-0.3, -0.25) is 14.2 Å². The molecule has 46 heavy (non-hydrogen) atoms. The normalized spacial score (nSPS) is 14.3. The standard InChI is InChI=1S/C37H31N3O5S/c1-6-19-45-29-17-15-24-12-8-9-13-26(24)27(29)21-32-36(42)40-34(25-16-18-30(43-4)31(20-25)44-5)33(23(3)38-37(40)46-32)35(41)39-28-14-10-7-11-22(28)2/h1,7-18,20-21,34H,19H2,2-5H3,(H,39,41)/b32-21-/t34-/m1/s1. The number of terminal acetylenes is 1. The molecule has 0 saturated heterocycles. The van der Waals surface area contributed by atoms with Crippen LogP contribution >= 0.6 is 11.3 Å². The summed E-state index contributed by atoms with van der Waals surface area (Å²) in [6.07, 6.45) is 7.31. The van der Waals surface area contributed by atoms with Crippen molar-refractivity contribution >= 4 is 39.8 Å². The summed E-state index contributed by atoms with van der Waals surface area (Å²) in [4.78, 5) is 33.7. The molecule has 1 atom stereocenters. The smallest absolute Gasteiger partial charge is 0.271 e. The van der Waals surface area contributed by atoms with Gasteiger partial charge in [-0.2, -0.15) is 0 Å². The second-order valence-corrected chi connectivity index (χ2v) is 11.7. The van der Waals surface area contributed by atoms with E-state index >= 15 is 0 Å². The third-order valence-corrected chi connectivity index (χ3v) is 8.88. The zero-order chi connectivity index (χ0) is 32.4. The Morgan fingerprint density at radius 2 is 1.74 bits per heavy atom. The fourth-order valence-electron chi connectivity index (χ4n) is 5.65. The number of benzene rings is 4. The molecule has 230 valence electrons. The third-order valence-electron chi connectivity index (χ3n) is 7.90. The molecule has 6 rings (SSSR count). The fourth-order valence-corrected chi connectivity index (χ4v) is 6.68. The van der Waals surface area contributed by atoms with E-state index in [4.69, 9.17) is 25.6 Å². The van der Waals surface area contributed by atoms with Crippen LogP contribution in [-0.2, 0) is 4.79 Å². The molecular formula is C37H31N3O5S. The zero-order valence-corrected chi connectivity index (χ0v) is 26.6. The van der Waals surface area contributed by atoms with Crippen LogP contribution in [0.3, 0.4) is 0 Å². The molecule has 0 unspecified atom stereocenters. The lowest BCUT2D eigenvalue weighted by atomic mass is 9.94. The number of nitrogens with one attached hydrogen (secondary N) is 1. The van der Waals surface area contributed by atoms with Gasteiger partial charge in [-0.05, 0) is 66.1 Å². The molecule has 1 N–H and O–H groups in total. The molecule has 0 aliphatic carbocycles. The molecule has 1 aromatic heterocycles. The summed E-state index contributed by atoms with van der Waals surface area (Å²) in [7, 11) is 3.10. The van der Waals surface area contributed by atoms with Crippen LogP contribution in [0, 0.1) is 19.3 Å². The van der Waals surface area contributed by atoms with E-state index in [1.165, 1.54) is 11.3 Å². The Hall–Kier alpha value is -5.59. The van der Waals surface area contributed by atoms with Crippen molar-refractivity contribution in [2.75, 3.05) is 26.1 Å². The van der Waals surface area contributed by atoms with Crippen LogP contribution in [0.2, 0.25) is 0 Å². The van der Waals surface area contributed by atoms with Crippen molar-refractivity contribution in [1.82, 2.24) is 4.57 Å². The summed E-state index contributed by atoms with van der Waals surface area (Å²) in [5, 5.41) is 4.94. The number of ether oxygens (including phenoxy) is 3. The molecule has 5 aromatic rings. The first-order chi connectivity index (χ1) is 22.3. The first-order valence-corrected chi connectivity index (χ1v) is 15.4. The van der Waals surface area contributed by atoms with Crippen molar-refractivity contribution in [3.05, 3.63) is 127 Å². The van der Waals surface area contributed by atoms with Gasteiger partial charge in [-0.15, -0.1) is 6.42 Å². The van der Waals surface area contributed by atoms with E-state index in [0.717, 1.165) is 21.9 Å². The van der Waals surface area contributed by atoms with E-state index in [2.05, 4.69) is 11.2 Å². The van der Waals surface area contributed by atoms with Crippen molar-refractivity contribution in [1.29, 1.82) is 0 Å². The average molecular weight is 630 g/mol. The zero-order valence-electron chi connectivity index (χ0n) is 25.8. The molecule has 4 aromatic carbocycles. The molecule has 9 heteroatoms. The Kier molecular flexibility index (Phi) is 8.47. The van der Waals surface area contributed by atoms with E-state index in [-0.39, 0.29) is 18.1 Å². The van der Waals surface area contributed by atoms with Crippen molar-refractivity contribution < 1.29 is 19.0 Å². The molecular weight excluding hydrogens is 598 g/mol. The van der Waals surface area contributed by atoms with Gasteiger partial charge in [0, 0.05) is 11.3 Å². The molecule has 0 saturated carbocycles. The number of hydrogen-bond acceptors (Lipinski definition) is 7. The lowest BCUT2D eigenvalue weighted by Crippen LogP contribution is -2.40. The van der Waals surface area contributed by atoms with E-state index in [0.29, 0.717) is 49.1 Å². The van der Waals surface area contributed by atoms with Gasteiger partial charge in [0.2, 0.25) is 0 Å². The van der Waals surface area contributed by atoms with Gasteiger partial charge in [0.1, 0.15) is 12.4 Å². The summed E-state index contributed by atoms with van der Waals surface area (Å²) in [5.41, 5.74) is 3.53. The van der Waals surface area contributed by atoms with Crippen molar-refractivity contribution in [3.8, 4) is 29.6 Å². The topological polar surface area (TPSA) is 91.1 Å². The van der Waals surface area contributed by atoms with E-state index < -0.39 is 6.04 Å². The average Bonchev–Trinajstić information content (AvgIpc) is 3.37. The van der Waals surface area contributed by atoms with Gasteiger partial charge >= 0.3 is 0 Å². The molecule has 0 fully saturated rings. The van der Waals surface area contributed by atoms with Crippen LogP contribution in [0.4, 0.5) is 5.69 Å². The first-order valence-electron chi connectivity index (χ1n) is 14.5. The second-order valence-electron chi connectivity index (χ2n) is 10.7. The number of nitrogens with zero attached hydrogens (tertiary/aromatic N) is 2. The van der Waals surface area contributed by atoms with Gasteiger partial charge in [-0.1, -0.05) is 71.9 Å². The Bertz CT molecular complexity index is 2260. The fraction of sp³-hybridized carbons (Fsp3) is 0.162. The van der Waals surface area contributed by atoms with Crippen LogP contribution in [-0.4, -0.2) is 31.3 Å². The summed E-state index contributed by atoms with van der Waals surface area (Å²) in [5.74, 6) is 3.72. The number of thiazole rings is 1. The number of rotatable bonds is 8. The van der Waals surface area contributed by atoms with Crippen molar-refractivity contribution in [3.63, 3.8) is 0 Å². The minimum Gasteiger partial charge on any atom is -0.493 e. The second kappa shape index (κ2) is 12.8. The van der Waals surface area contributed by atoms with Crippen molar-refractivity contribution in [2.24, 2.45) is 4.99 Å². The highest BCUT2D eigenvalue weighted by Crippen LogP contribution is 2.36. The quantitative estimate of drug-likeness (QED) is 0.233. The van der Waals surface area contributed by atoms with E-state index in [1.807, 2.05) is 79.7 Å². The van der Waals surface area contributed by atoms with Crippen LogP contribution < -0.4 is 34.4 Å². The number of aromatic nitrogens is 1. The molecule has 1 aliphatic rings. The van der Waals surface area contributed by atoms with Crippen LogP contribution in [0.5, 0.6) is 17.2 Å². The van der Waals surface area contributed by atoms with Gasteiger partial charge in [0.15, 0.2) is 16.3 Å². The molecule has 0 spiro atoms. The SMILES string of the molecule is C#CCOc1ccc2ccccc2c1/C=c1\sc2n(c1=O)[C@H](c1ccc(OC)c(OC)c1)C(C(=O)Nc1ccccc1C)=C(C)N=2. The number of amides is 1. The highest BCUT2D eigenvalue weighted by molar-refractivity contribution is 7.07. The number of methoxy groups -OCH3 is 2. The maximum Gasteiger partial charge on any atom is 0.271 e. The maximum absolute atomic E-state index is 14.4. The minimum atomic E-state index is -0.799. The summed E-state index contributed by atoms with van der Waals surface area (Å²) >= 11 is 1.25. The van der Waals surface area contributed by atoms with Gasteiger partial charge in [0.25, 0.3) is 11.5 Å². The maximum atomic E-state index is 14.4. The molecule has 1 aliphatic heterocycles. The Balaban J connectivity index is 1.57. The number of anilines is 1. The number of hydrogen-bond donors (Lipinski definition) is 1. The number of fused-ring (bicyclic) bond motifs is 2. The highest BCUT2D eigenvalue weighted by Gasteiger charge is 2.33. The summed E-state index contributed by atoms with van der Waals surface area (Å²) in [6.45, 7) is 3.79. The molecule has 0 radical (unpaired) electrons. The molecule has 1 amide bonds. The minimum absolute atomic E-state index is 0.0816. The largest absolute Gasteiger partial charge is 0.493 e. The van der Waals surface area contributed by atoms with Crippen LogP contribution in [0.25, 0.3) is 16.8 Å². The van der Waals surface area contributed by atoms with E-state index in [9.17, 15) is 9.59 Å². The Morgan fingerprint density at radius 1 is 1.00 bits per heavy atom. The highest BCUT2D eigenvalue weighted by atomic mass is 32.1. The number of allylic oxidation sites excluding steroid dienone is 1. The molecule has 2 heterocycles. The summed E-state index contributed by atoms with van der Waals surface area (Å²) in [6, 6.07) is 23.8. The van der Waals surface area contributed by atoms with Crippen LogP contribution in [0.1, 0.15) is 29.7 Å². The van der Waals surface area contributed by atoms with Crippen LogP contribution in [0.15, 0.2) is 99.9 Å². The van der Waals surface area contributed by atoms with Gasteiger partial charge in [-0.25, -0.2) is 4.99 Å². The predicted octanol–water partition coefficient (Wildman–Crippen LogP) is 5.36. The monoisotopic (exact) mass is 629 g/mol. The first kappa shape index (κ1) is 30.4. The number of aryl methyl sites for hydroxylation is 1. The van der Waals surface area contributed by atoms with Gasteiger partial charge in [0.05, 0.1) is 36.1 Å².